The summed E-state index contributed by atoms with van der Waals surface area (Å²) in [6.45, 7) is 1.81. The van der Waals surface area contributed by atoms with Gasteiger partial charge in [-0.3, -0.25) is 9.59 Å². The molecule has 0 aliphatic carbocycles. The molecule has 220 valence electrons. The number of aromatic hydroxyl groups is 1. The van der Waals surface area contributed by atoms with Crippen LogP contribution in [0.5, 0.6) is 5.75 Å². The van der Waals surface area contributed by atoms with Crippen molar-refractivity contribution >= 4 is 56.9 Å². The zero-order valence-electron chi connectivity index (χ0n) is 22.7. The number of rotatable bonds is 8. The van der Waals surface area contributed by atoms with E-state index in [-0.39, 0.29) is 45.1 Å². The molecule has 2 amide bonds. The predicted octanol–water partition coefficient (Wildman–Crippen LogP) is 4.52. The summed E-state index contributed by atoms with van der Waals surface area (Å²) in [4.78, 5) is 40.1. The van der Waals surface area contributed by atoms with Gasteiger partial charge >= 0.3 is 5.97 Å². The highest BCUT2D eigenvalue weighted by Crippen LogP contribution is 2.35. The van der Waals surface area contributed by atoms with Crippen LogP contribution >= 0.6 is 23.2 Å². The van der Waals surface area contributed by atoms with Gasteiger partial charge in [0.2, 0.25) is 5.91 Å². The highest BCUT2D eigenvalue weighted by molar-refractivity contribution is 7.90. The molecule has 3 aromatic carbocycles. The Bertz CT molecular complexity index is 1720. The molecule has 1 atom stereocenters. The monoisotopic (exact) mass is 630 g/mol. The highest BCUT2D eigenvalue weighted by atomic mass is 35.5. The van der Waals surface area contributed by atoms with Crippen molar-refractivity contribution in [2.75, 3.05) is 12.8 Å². The van der Waals surface area contributed by atoms with Gasteiger partial charge in [-0.15, -0.1) is 0 Å². The average Bonchev–Trinajstić information content (AvgIpc) is 2.91. The third-order valence-electron chi connectivity index (χ3n) is 7.03. The Balaban J connectivity index is 1.54. The van der Waals surface area contributed by atoms with Crippen molar-refractivity contribution < 1.29 is 33.0 Å². The molecule has 1 unspecified atom stereocenters. The predicted molar refractivity (Wildman–Crippen MR) is 159 cm³/mol. The molecule has 0 spiro atoms. The van der Waals surface area contributed by atoms with Crippen LogP contribution in [0.4, 0.5) is 0 Å². The molecule has 3 aromatic rings. The van der Waals surface area contributed by atoms with Crippen molar-refractivity contribution in [1.29, 1.82) is 0 Å². The lowest BCUT2D eigenvalue weighted by atomic mass is 9.91. The number of halogens is 2. The lowest BCUT2D eigenvalue weighted by molar-refractivity contribution is -0.143. The molecule has 3 N–H and O–H groups in total. The first kappa shape index (κ1) is 31.1. The Labute approximate surface area is 253 Å². The zero-order chi connectivity index (χ0) is 30.8. The minimum absolute atomic E-state index is 0.0119. The van der Waals surface area contributed by atoms with Gasteiger partial charge in [0.05, 0.1) is 20.5 Å². The summed E-state index contributed by atoms with van der Waals surface area (Å²) in [6, 6.07) is 14.0. The molecular weight excluding hydrogens is 603 g/mol. The van der Waals surface area contributed by atoms with Gasteiger partial charge in [0.15, 0.2) is 9.84 Å². The van der Waals surface area contributed by atoms with Crippen LogP contribution < -0.4 is 5.32 Å². The number of nitrogens with zero attached hydrogens (tertiary/aromatic N) is 1. The first-order valence-electron chi connectivity index (χ1n) is 12.8. The van der Waals surface area contributed by atoms with Crippen molar-refractivity contribution in [2.24, 2.45) is 0 Å². The van der Waals surface area contributed by atoms with Gasteiger partial charge < -0.3 is 20.4 Å². The number of para-hydroxylation sites is 1. The van der Waals surface area contributed by atoms with Gasteiger partial charge in [-0.1, -0.05) is 53.5 Å². The molecule has 0 saturated carbocycles. The summed E-state index contributed by atoms with van der Waals surface area (Å²) in [6.07, 6.45) is 4.06. The zero-order valence-corrected chi connectivity index (χ0v) is 25.1. The number of fused-ring (bicyclic) bond motifs is 1. The van der Waals surface area contributed by atoms with Crippen LogP contribution in [0.3, 0.4) is 0 Å². The summed E-state index contributed by atoms with van der Waals surface area (Å²) in [5, 5.41) is 22.5. The molecule has 9 nitrogen and oxygen atoms in total. The molecule has 0 fully saturated rings. The summed E-state index contributed by atoms with van der Waals surface area (Å²) >= 11 is 13.1. The largest absolute Gasteiger partial charge is 0.507 e. The number of phenols is 1. The van der Waals surface area contributed by atoms with Gasteiger partial charge in [0.25, 0.3) is 5.91 Å². The van der Waals surface area contributed by atoms with Crippen LogP contribution in [-0.4, -0.2) is 59.7 Å². The Morgan fingerprint density at radius 3 is 2.48 bits per heavy atom. The quantitative estimate of drug-likeness (QED) is 0.311. The van der Waals surface area contributed by atoms with Crippen molar-refractivity contribution in [3.05, 3.63) is 98.5 Å². The second-order valence-electron chi connectivity index (χ2n) is 10.3. The Kier molecular flexibility index (Phi) is 9.01. The van der Waals surface area contributed by atoms with Gasteiger partial charge in [-0.05, 0) is 60.4 Å². The van der Waals surface area contributed by atoms with E-state index in [9.17, 15) is 33.0 Å². The molecule has 0 aromatic heterocycles. The van der Waals surface area contributed by atoms with Crippen LogP contribution in [0.25, 0.3) is 6.08 Å². The van der Waals surface area contributed by atoms with Gasteiger partial charge in [0.1, 0.15) is 11.3 Å². The van der Waals surface area contributed by atoms with Crippen LogP contribution in [0, 0.1) is 0 Å². The number of aliphatic carboxylic acids is 1. The normalized spacial score (nSPS) is 14.7. The minimum Gasteiger partial charge on any atom is -0.507 e. The summed E-state index contributed by atoms with van der Waals surface area (Å²) in [5.41, 5.74) is 0.258. The first-order chi connectivity index (χ1) is 19.7. The number of sulfone groups is 1. The standard InChI is InChI=1S/C30H28Cl2N2O7S/c1-30(29(38)39,16-18-6-5-8-21(14-18)42(2,40)41)33-28(37)26-23(31)15-20-17-34(13-12-22(20)27(26)32)25(36)11-10-19-7-3-4-9-24(19)35/h3-11,14-15,35H,12-13,16-17H2,1-2H3,(H,33,37)(H,38,39)/b11-10+. The molecule has 12 heteroatoms. The summed E-state index contributed by atoms with van der Waals surface area (Å²) < 4.78 is 23.9. The van der Waals surface area contributed by atoms with E-state index in [0.29, 0.717) is 35.2 Å². The number of hydrogen-bond donors (Lipinski definition) is 3. The minimum atomic E-state index is -3.52. The number of amides is 2. The number of phenolic OH excluding ortho intramolecular Hbond substituents is 1. The van der Waals surface area contributed by atoms with E-state index < -0.39 is 27.3 Å². The molecular formula is C30H28Cl2N2O7S. The van der Waals surface area contributed by atoms with E-state index >= 15 is 0 Å². The SMILES string of the molecule is CC(Cc1cccc(S(C)(=O)=O)c1)(NC(=O)c1c(Cl)cc2c(c1Cl)CCN(C(=O)/C=C/c1ccccc1O)C2)C(=O)O. The Hall–Kier alpha value is -3.86. The van der Waals surface area contributed by atoms with E-state index in [2.05, 4.69) is 5.32 Å². The topological polar surface area (TPSA) is 141 Å². The number of carbonyl (C=O) groups is 3. The highest BCUT2D eigenvalue weighted by Gasteiger charge is 2.37. The fourth-order valence-electron chi connectivity index (χ4n) is 4.72. The maximum atomic E-state index is 13.4. The number of carboxylic acid groups (broad SMARTS) is 1. The maximum absolute atomic E-state index is 13.4. The smallest absolute Gasteiger partial charge is 0.329 e. The second-order valence-corrected chi connectivity index (χ2v) is 13.1. The van der Waals surface area contributed by atoms with Crippen LogP contribution in [0.15, 0.2) is 65.6 Å². The van der Waals surface area contributed by atoms with E-state index in [4.69, 9.17) is 23.2 Å². The van der Waals surface area contributed by atoms with E-state index in [1.807, 2.05) is 0 Å². The van der Waals surface area contributed by atoms with Crippen LogP contribution in [-0.2, 0) is 38.8 Å². The number of carbonyl (C=O) groups excluding carboxylic acids is 2. The molecule has 0 radical (unpaired) electrons. The molecule has 1 aliphatic heterocycles. The van der Waals surface area contributed by atoms with E-state index in [1.54, 1.807) is 29.2 Å². The third kappa shape index (κ3) is 6.78. The Morgan fingerprint density at radius 1 is 1.10 bits per heavy atom. The second kappa shape index (κ2) is 12.2. The fourth-order valence-corrected chi connectivity index (χ4v) is 6.18. The maximum Gasteiger partial charge on any atom is 0.329 e. The molecule has 1 aliphatic rings. The molecule has 0 saturated heterocycles. The third-order valence-corrected chi connectivity index (χ3v) is 8.86. The number of nitrogens with one attached hydrogen (secondary N) is 1. The fraction of sp³-hybridized carbons (Fsp3) is 0.233. The van der Waals surface area contributed by atoms with Crippen molar-refractivity contribution in [3.63, 3.8) is 0 Å². The first-order valence-corrected chi connectivity index (χ1v) is 15.4. The lowest BCUT2D eigenvalue weighted by Gasteiger charge is -2.30. The summed E-state index contributed by atoms with van der Waals surface area (Å²) in [7, 11) is -3.52. The molecule has 4 rings (SSSR count). The molecule has 42 heavy (non-hydrogen) atoms. The van der Waals surface area contributed by atoms with Crippen molar-refractivity contribution in [2.45, 2.75) is 36.7 Å². The summed E-state index contributed by atoms with van der Waals surface area (Å²) in [5.74, 6) is -2.37. The van der Waals surface area contributed by atoms with Gasteiger partial charge in [0, 0.05) is 37.4 Å². The Morgan fingerprint density at radius 2 is 1.81 bits per heavy atom. The van der Waals surface area contributed by atoms with E-state index in [1.165, 1.54) is 49.4 Å². The number of benzene rings is 3. The average molecular weight is 632 g/mol. The van der Waals surface area contributed by atoms with Gasteiger partial charge in [-0.2, -0.15) is 0 Å². The number of hydrogen-bond acceptors (Lipinski definition) is 6. The van der Waals surface area contributed by atoms with E-state index in [0.717, 1.165) is 6.26 Å². The lowest BCUT2D eigenvalue weighted by Crippen LogP contribution is -2.54. The van der Waals surface area contributed by atoms with Crippen molar-refractivity contribution in [1.82, 2.24) is 10.2 Å². The molecule has 0 bridgehead atoms. The van der Waals surface area contributed by atoms with Crippen molar-refractivity contribution in [3.8, 4) is 5.75 Å². The van der Waals surface area contributed by atoms with Gasteiger partial charge in [-0.25, -0.2) is 13.2 Å². The van der Waals surface area contributed by atoms with Crippen LogP contribution in [0.2, 0.25) is 10.0 Å². The number of carboxylic acids is 1. The van der Waals surface area contributed by atoms with Crippen LogP contribution in [0.1, 0.15) is 39.5 Å². The molecule has 1 heterocycles.